The van der Waals surface area contributed by atoms with E-state index in [1.165, 1.54) is 5.56 Å². The molecule has 6 nitrogen and oxygen atoms in total. The van der Waals surface area contributed by atoms with E-state index < -0.39 is 0 Å². The SMILES string of the molecule is C[C@@H]1CN([C@H](C)CO)C(=O)c2cc(C#CCc3ccccc3)cnc2O[C@H]1CN(C)Cc1ccccc1. The molecule has 2 heterocycles. The van der Waals surface area contributed by atoms with Crippen molar-refractivity contribution in [3.05, 3.63) is 95.2 Å². The Morgan fingerprint density at radius 2 is 1.81 bits per heavy atom. The highest BCUT2D eigenvalue weighted by molar-refractivity contribution is 5.97. The van der Waals surface area contributed by atoms with E-state index in [1.54, 1.807) is 17.2 Å². The summed E-state index contributed by atoms with van der Waals surface area (Å²) in [6.45, 7) is 5.77. The van der Waals surface area contributed by atoms with Crippen LogP contribution in [0.5, 0.6) is 5.88 Å². The number of nitrogens with zero attached hydrogens (tertiary/aromatic N) is 3. The monoisotopic (exact) mass is 497 g/mol. The highest BCUT2D eigenvalue weighted by atomic mass is 16.5. The van der Waals surface area contributed by atoms with Gasteiger partial charge in [0, 0.05) is 43.7 Å². The Balaban J connectivity index is 1.59. The van der Waals surface area contributed by atoms with E-state index in [1.807, 2.05) is 55.5 Å². The third-order valence-corrected chi connectivity index (χ3v) is 6.68. The summed E-state index contributed by atoms with van der Waals surface area (Å²) in [5.41, 5.74) is 3.41. The van der Waals surface area contributed by atoms with Gasteiger partial charge >= 0.3 is 0 Å². The van der Waals surface area contributed by atoms with Crippen LogP contribution in [0.15, 0.2) is 72.9 Å². The maximum absolute atomic E-state index is 13.6. The molecule has 1 aromatic heterocycles. The van der Waals surface area contributed by atoms with Crippen molar-refractivity contribution in [2.24, 2.45) is 5.92 Å². The van der Waals surface area contributed by atoms with E-state index in [0.717, 1.165) is 12.1 Å². The van der Waals surface area contributed by atoms with E-state index in [4.69, 9.17) is 4.74 Å². The number of fused-ring (bicyclic) bond motifs is 1. The molecule has 1 amide bonds. The van der Waals surface area contributed by atoms with Crippen LogP contribution < -0.4 is 4.74 Å². The van der Waals surface area contributed by atoms with Gasteiger partial charge in [-0.05, 0) is 31.2 Å². The largest absolute Gasteiger partial charge is 0.472 e. The van der Waals surface area contributed by atoms with Crippen LogP contribution in [-0.2, 0) is 13.0 Å². The summed E-state index contributed by atoms with van der Waals surface area (Å²) >= 11 is 0. The van der Waals surface area contributed by atoms with E-state index in [-0.39, 0.29) is 30.6 Å². The van der Waals surface area contributed by atoms with Crippen molar-refractivity contribution in [3.8, 4) is 17.7 Å². The molecule has 0 saturated carbocycles. The lowest BCUT2D eigenvalue weighted by atomic mass is 9.99. The molecule has 0 unspecified atom stereocenters. The fraction of sp³-hybridized carbons (Fsp3) is 0.355. The Labute approximate surface area is 219 Å². The second kappa shape index (κ2) is 12.5. The average Bonchev–Trinajstić information content (AvgIpc) is 2.91. The number of hydrogen-bond acceptors (Lipinski definition) is 5. The molecule has 3 aromatic rings. The van der Waals surface area contributed by atoms with Gasteiger partial charge in [-0.3, -0.25) is 9.69 Å². The van der Waals surface area contributed by atoms with Crippen molar-refractivity contribution in [1.82, 2.24) is 14.8 Å². The molecule has 1 N–H and O–H groups in total. The van der Waals surface area contributed by atoms with Gasteiger partial charge in [-0.2, -0.15) is 0 Å². The molecular formula is C31H35N3O3. The molecule has 0 bridgehead atoms. The van der Waals surface area contributed by atoms with Gasteiger partial charge in [-0.25, -0.2) is 4.98 Å². The Bertz CT molecular complexity index is 1240. The second-order valence-corrected chi connectivity index (χ2v) is 9.85. The van der Waals surface area contributed by atoms with Crippen molar-refractivity contribution < 1.29 is 14.6 Å². The first-order valence-corrected chi connectivity index (χ1v) is 12.8. The molecular weight excluding hydrogens is 462 g/mol. The van der Waals surface area contributed by atoms with Gasteiger partial charge in [0.25, 0.3) is 5.91 Å². The Kier molecular flexibility index (Phi) is 8.95. The van der Waals surface area contributed by atoms with Crippen LogP contribution in [0.1, 0.15) is 40.9 Å². The molecule has 37 heavy (non-hydrogen) atoms. The number of hydrogen-bond donors (Lipinski definition) is 1. The van der Waals surface area contributed by atoms with E-state index in [2.05, 4.69) is 47.8 Å². The zero-order valence-corrected chi connectivity index (χ0v) is 21.8. The highest BCUT2D eigenvalue weighted by Gasteiger charge is 2.34. The molecule has 192 valence electrons. The topological polar surface area (TPSA) is 65.9 Å². The Morgan fingerprint density at radius 3 is 2.49 bits per heavy atom. The van der Waals surface area contributed by atoms with Crippen LogP contribution >= 0.6 is 0 Å². The fourth-order valence-electron chi connectivity index (χ4n) is 4.50. The fourth-order valence-corrected chi connectivity index (χ4v) is 4.50. The van der Waals surface area contributed by atoms with E-state index in [0.29, 0.717) is 36.5 Å². The van der Waals surface area contributed by atoms with Gasteiger partial charge in [0.05, 0.1) is 12.6 Å². The summed E-state index contributed by atoms with van der Waals surface area (Å²) in [6.07, 6.45) is 2.10. The molecule has 3 atom stereocenters. The molecule has 0 radical (unpaired) electrons. The van der Waals surface area contributed by atoms with E-state index >= 15 is 0 Å². The minimum Gasteiger partial charge on any atom is -0.472 e. The number of rotatable bonds is 7. The predicted molar refractivity (Wildman–Crippen MR) is 145 cm³/mol. The first-order chi connectivity index (χ1) is 17.9. The number of benzene rings is 2. The van der Waals surface area contributed by atoms with Crippen molar-refractivity contribution in [1.29, 1.82) is 0 Å². The maximum Gasteiger partial charge on any atom is 0.259 e. The van der Waals surface area contributed by atoms with Gasteiger partial charge in [0.15, 0.2) is 0 Å². The summed E-state index contributed by atoms with van der Waals surface area (Å²) in [4.78, 5) is 22.1. The number of carbonyl (C=O) groups is 1. The normalized spacial score (nSPS) is 18.2. The predicted octanol–water partition coefficient (Wildman–Crippen LogP) is 4.03. The van der Waals surface area contributed by atoms with Crippen LogP contribution in [0.3, 0.4) is 0 Å². The standard InChI is InChI=1S/C31H35N3O3/c1-23-19-34(24(2)22-35)31(36)28-17-27(16-10-15-25-11-6-4-7-12-25)18-32-30(28)37-29(23)21-33(3)20-26-13-8-5-9-14-26/h4-9,11-14,17-18,23-24,29,35H,15,19-22H2,1-3H3/t23-,24-,29+/m1/s1. The summed E-state index contributed by atoms with van der Waals surface area (Å²) in [6, 6.07) is 21.8. The van der Waals surface area contributed by atoms with Crippen molar-refractivity contribution in [2.75, 3.05) is 26.7 Å². The number of aliphatic hydroxyl groups is 1. The first-order valence-electron chi connectivity index (χ1n) is 12.8. The molecule has 1 aliphatic heterocycles. The van der Waals surface area contributed by atoms with Gasteiger partial charge in [-0.15, -0.1) is 0 Å². The molecule has 0 saturated heterocycles. The smallest absolute Gasteiger partial charge is 0.259 e. The maximum atomic E-state index is 13.6. The minimum atomic E-state index is -0.323. The van der Waals surface area contributed by atoms with Crippen molar-refractivity contribution in [2.45, 2.75) is 39.0 Å². The van der Waals surface area contributed by atoms with Gasteiger partial charge < -0.3 is 14.7 Å². The quantitative estimate of drug-likeness (QED) is 0.500. The van der Waals surface area contributed by atoms with E-state index in [9.17, 15) is 9.90 Å². The first kappa shape index (κ1) is 26.4. The van der Waals surface area contributed by atoms with Gasteiger partial charge in [0.1, 0.15) is 11.7 Å². The number of pyridine rings is 1. The van der Waals surface area contributed by atoms with Crippen molar-refractivity contribution >= 4 is 5.91 Å². The lowest BCUT2D eigenvalue weighted by Gasteiger charge is -2.37. The minimum absolute atomic E-state index is 0.0384. The lowest BCUT2D eigenvalue weighted by Crippen LogP contribution is -2.49. The zero-order chi connectivity index (χ0) is 26.2. The Morgan fingerprint density at radius 1 is 1.14 bits per heavy atom. The van der Waals surface area contributed by atoms with Crippen LogP contribution in [0.4, 0.5) is 0 Å². The molecule has 0 fully saturated rings. The average molecular weight is 498 g/mol. The summed E-state index contributed by atoms with van der Waals surface area (Å²) < 4.78 is 6.41. The zero-order valence-electron chi connectivity index (χ0n) is 21.8. The number of likely N-dealkylation sites (N-methyl/N-ethyl adjacent to an activating group) is 1. The molecule has 6 heteroatoms. The number of carbonyl (C=O) groups excluding carboxylic acids is 1. The number of amides is 1. The number of ether oxygens (including phenoxy) is 1. The van der Waals surface area contributed by atoms with Crippen LogP contribution in [-0.4, -0.2) is 64.7 Å². The van der Waals surface area contributed by atoms with Gasteiger partial charge in [0.2, 0.25) is 5.88 Å². The third kappa shape index (κ3) is 6.97. The Hall–Kier alpha value is -3.66. The van der Waals surface area contributed by atoms with Crippen molar-refractivity contribution in [3.63, 3.8) is 0 Å². The molecule has 4 rings (SSSR count). The third-order valence-electron chi connectivity index (χ3n) is 6.68. The lowest BCUT2D eigenvalue weighted by molar-refractivity contribution is 0.0325. The molecule has 0 spiro atoms. The van der Waals surface area contributed by atoms with Crippen LogP contribution in [0.2, 0.25) is 0 Å². The van der Waals surface area contributed by atoms with Gasteiger partial charge in [-0.1, -0.05) is 79.4 Å². The summed E-state index contributed by atoms with van der Waals surface area (Å²) in [5.74, 6) is 6.48. The molecule has 1 aliphatic rings. The van der Waals surface area contributed by atoms with Crippen LogP contribution in [0.25, 0.3) is 0 Å². The molecule has 0 aliphatic carbocycles. The number of aliphatic hydroxyl groups excluding tert-OH is 1. The summed E-state index contributed by atoms with van der Waals surface area (Å²) in [5, 5.41) is 9.88. The highest BCUT2D eigenvalue weighted by Crippen LogP contribution is 2.27. The number of aromatic nitrogens is 1. The molecule has 2 aromatic carbocycles. The van der Waals surface area contributed by atoms with Crippen LogP contribution in [0, 0.1) is 17.8 Å². The second-order valence-electron chi connectivity index (χ2n) is 9.85. The summed E-state index contributed by atoms with van der Waals surface area (Å²) in [7, 11) is 2.07.